The molecular weight excluding hydrogens is 1950 g/mol. The highest BCUT2D eigenvalue weighted by atomic mass is 32.1. The molecule has 0 amide bonds. The standard InChI is InChI=1S/C31H31NO5S.C30H31NO5S.C30H29NO5S.C29H27NO5S/c1-18(17-33)10-11-22-8-5-9-23-24(16-32-26(22)23)27(34)30-28(35)25(29(38-30)31(36)37)21-14-12-20(13-15-21)19-6-3-2-4-7-19;2*32-16-5-4-9-21-10-6-11-22-23(17-31-25(21)22)26(33)29-27(34)24(28(37-29)30(35)36)20-14-12-19(13-15-20)18-7-2-1-3-8-18;31-15-5-9-20-8-4-10-21-22(16-30-24(20)21)25(32)28-26(33)23(27(36-28)29(34)35)19-13-11-18(12-14-19)17-6-2-1-3-7-17/h5,8-10,12-16,19,32-33,35H,2-4,6-7,11,17H2,1H3,(H,36,37);6,10-15,17-18,31-32,34H,1-5,7-9,16H2,(H,35,36);4,6,9-15,17-18,31-32,34H,1-3,5,7-8,16H2,(H,35,36);4-5,8-14,16-17,30-31,33H,1-3,6-7,15H2,(H,34,35)/b18-10+;;9-4+;9-5+. The van der Waals surface area contributed by atoms with E-state index < -0.39 is 47.0 Å². The quantitative estimate of drug-likeness (QED) is 0.0106. The van der Waals surface area contributed by atoms with Crippen LogP contribution >= 0.6 is 45.3 Å². The Morgan fingerprint density at radius 3 is 0.899 bits per heavy atom. The number of carbonyl (C=O) groups excluding carboxylic acids is 4. The van der Waals surface area contributed by atoms with Gasteiger partial charge in [0.25, 0.3) is 0 Å². The minimum absolute atomic E-state index is 0.00374. The number of carboxylic acid groups (broad SMARTS) is 4. The average molecular weight is 2060 g/mol. The lowest BCUT2D eigenvalue weighted by Gasteiger charge is -2.22. The number of ketones is 4. The van der Waals surface area contributed by atoms with E-state index in [4.69, 9.17) is 15.3 Å². The second-order valence-electron chi connectivity index (χ2n) is 38.4. The summed E-state index contributed by atoms with van der Waals surface area (Å²) in [7, 11) is 0. The molecule has 8 heterocycles. The lowest BCUT2D eigenvalue weighted by molar-refractivity contribution is 0.0691. The molecule has 4 saturated carbocycles. The molecule has 0 saturated heterocycles. The van der Waals surface area contributed by atoms with E-state index in [1.807, 2.05) is 183 Å². The van der Waals surface area contributed by atoms with Crippen molar-refractivity contribution in [2.45, 2.75) is 191 Å². The van der Waals surface area contributed by atoms with Crippen LogP contribution in [0.25, 0.3) is 100 Å². The van der Waals surface area contributed by atoms with E-state index in [2.05, 4.69) is 19.9 Å². The molecule has 0 radical (unpaired) electrons. The average Bonchev–Trinajstić information content (AvgIpc) is 1.62. The first-order chi connectivity index (χ1) is 71.9. The summed E-state index contributed by atoms with van der Waals surface area (Å²) in [4.78, 5) is 115. The number of para-hydroxylation sites is 4. The van der Waals surface area contributed by atoms with E-state index in [0.717, 1.165) is 165 Å². The van der Waals surface area contributed by atoms with Crippen LogP contribution in [-0.4, -0.2) is 155 Å². The van der Waals surface area contributed by atoms with Gasteiger partial charge in [-0.3, -0.25) is 19.2 Å². The smallest absolute Gasteiger partial charge is 0.346 e. The van der Waals surface area contributed by atoms with Crippen LogP contribution in [-0.2, 0) is 12.8 Å². The van der Waals surface area contributed by atoms with Gasteiger partial charge in [0.15, 0.2) is 0 Å². The van der Waals surface area contributed by atoms with Gasteiger partial charge in [-0.25, -0.2) is 19.2 Å². The number of hydrogen-bond donors (Lipinski definition) is 16. The first-order valence-electron chi connectivity index (χ1n) is 50.6. The Bertz CT molecular complexity index is 7680. The molecule has 8 aromatic heterocycles. The highest BCUT2D eigenvalue weighted by molar-refractivity contribution is 7.18. The topological polar surface area (TPSA) is 442 Å². The van der Waals surface area contributed by atoms with Gasteiger partial charge in [0.2, 0.25) is 23.1 Å². The van der Waals surface area contributed by atoms with Crippen molar-refractivity contribution in [2.75, 3.05) is 26.4 Å². The summed E-state index contributed by atoms with van der Waals surface area (Å²) in [6.45, 7) is 1.92. The Labute approximate surface area is 870 Å². The van der Waals surface area contributed by atoms with Crippen molar-refractivity contribution < 1.29 is 99.6 Å². The number of benzene rings is 8. The number of aromatic carboxylic acids is 4. The number of unbranched alkanes of at least 4 members (excludes halogenated alkanes) is 1. The summed E-state index contributed by atoms with van der Waals surface area (Å²) in [6.07, 6.45) is 43.0. The Balaban J connectivity index is 0.000000135. The second-order valence-corrected chi connectivity index (χ2v) is 42.5. The molecular formula is C120H118N4O20S4. The first-order valence-corrected chi connectivity index (χ1v) is 53.9. The third-order valence-corrected chi connectivity index (χ3v) is 33.7. The molecule has 16 N–H and O–H groups in total. The fraction of sp³-hybridized carbons (Fsp3) is 0.283. The number of thiophene rings is 4. The molecule has 0 aliphatic heterocycles. The predicted molar refractivity (Wildman–Crippen MR) is 585 cm³/mol. The maximum Gasteiger partial charge on any atom is 0.346 e. The number of aromatic nitrogens is 4. The molecule has 4 aliphatic rings. The van der Waals surface area contributed by atoms with E-state index in [0.29, 0.717) is 104 Å². The van der Waals surface area contributed by atoms with Gasteiger partial charge in [0.1, 0.15) is 62.0 Å². The Morgan fingerprint density at radius 2 is 0.608 bits per heavy atom. The van der Waals surface area contributed by atoms with Gasteiger partial charge >= 0.3 is 23.9 Å². The van der Waals surface area contributed by atoms with Crippen LogP contribution in [0.4, 0.5) is 0 Å². The number of aryl methyl sites for hydroxylation is 1. The highest BCUT2D eigenvalue weighted by Crippen LogP contribution is 2.51. The number of carbonyl (C=O) groups is 8. The van der Waals surface area contributed by atoms with Gasteiger partial charge in [-0.2, -0.15) is 0 Å². The number of aliphatic hydroxyl groups is 4. The lowest BCUT2D eigenvalue weighted by Crippen LogP contribution is -2.04. The van der Waals surface area contributed by atoms with E-state index in [1.165, 1.54) is 99.3 Å². The number of rotatable bonds is 32. The number of carboxylic acids is 4. The fourth-order valence-corrected chi connectivity index (χ4v) is 25.4. The van der Waals surface area contributed by atoms with Crippen LogP contribution < -0.4 is 0 Å². The molecule has 0 spiro atoms. The Hall–Kier alpha value is -14.5. The third kappa shape index (κ3) is 22.7. The summed E-state index contributed by atoms with van der Waals surface area (Å²) in [5.41, 5.74) is 17.1. The first kappa shape index (κ1) is 105. The van der Waals surface area contributed by atoms with E-state index in [9.17, 15) is 84.3 Å². The minimum atomic E-state index is -1.18. The zero-order valence-corrected chi connectivity index (χ0v) is 85.2. The molecule has 8 aromatic carbocycles. The molecule has 4 fully saturated rings. The van der Waals surface area contributed by atoms with Crippen molar-refractivity contribution in [1.29, 1.82) is 0 Å². The fourth-order valence-electron chi connectivity index (χ4n) is 21.3. The number of allylic oxidation sites excluding steroid dienone is 1. The highest BCUT2D eigenvalue weighted by Gasteiger charge is 2.36. The molecule has 0 unspecified atom stereocenters. The summed E-state index contributed by atoms with van der Waals surface area (Å²) in [6, 6.07) is 53.3. The minimum Gasteiger partial charge on any atom is -0.506 e. The molecule has 16 aromatic rings. The molecule has 20 rings (SSSR count). The molecule has 0 atom stereocenters. The summed E-state index contributed by atoms with van der Waals surface area (Å²) < 4.78 is 0. The molecule has 762 valence electrons. The number of fused-ring (bicyclic) bond motifs is 4. The van der Waals surface area contributed by atoms with Crippen LogP contribution in [0.1, 0.15) is 322 Å². The number of aromatic hydroxyl groups is 4. The van der Waals surface area contributed by atoms with Crippen LogP contribution in [0.15, 0.2) is 218 Å². The van der Waals surface area contributed by atoms with E-state index in [-0.39, 0.29) is 111 Å². The zero-order valence-electron chi connectivity index (χ0n) is 81.9. The van der Waals surface area contributed by atoms with Gasteiger partial charge < -0.3 is 81.2 Å². The molecule has 28 heteroatoms. The van der Waals surface area contributed by atoms with Crippen LogP contribution in [0.5, 0.6) is 23.0 Å². The number of aromatic amines is 4. The number of H-pyrrole nitrogens is 4. The monoisotopic (exact) mass is 2060 g/mol. The van der Waals surface area contributed by atoms with Crippen molar-refractivity contribution in [3.05, 3.63) is 324 Å². The second kappa shape index (κ2) is 48.0. The van der Waals surface area contributed by atoms with Crippen LogP contribution in [0.2, 0.25) is 0 Å². The van der Waals surface area contributed by atoms with E-state index >= 15 is 0 Å². The van der Waals surface area contributed by atoms with Crippen molar-refractivity contribution >= 4 is 148 Å². The maximum atomic E-state index is 13.6. The van der Waals surface area contributed by atoms with Gasteiger partial charge in [-0.1, -0.05) is 283 Å². The molecule has 0 bridgehead atoms. The Morgan fingerprint density at radius 1 is 0.324 bits per heavy atom. The lowest BCUT2D eigenvalue weighted by atomic mass is 9.83. The van der Waals surface area contributed by atoms with Crippen molar-refractivity contribution in [3.8, 4) is 67.5 Å². The van der Waals surface area contributed by atoms with Gasteiger partial charge in [-0.15, -0.1) is 45.3 Å². The predicted octanol–water partition coefficient (Wildman–Crippen LogP) is 27.5. The molecule has 24 nitrogen and oxygen atoms in total. The zero-order chi connectivity index (χ0) is 104. The molecule has 4 aliphatic carbocycles. The van der Waals surface area contributed by atoms with Crippen molar-refractivity contribution in [2.24, 2.45) is 0 Å². The van der Waals surface area contributed by atoms with E-state index in [1.54, 1.807) is 49.1 Å². The van der Waals surface area contributed by atoms with Gasteiger partial charge in [-0.05, 0) is 181 Å². The Kier molecular flexibility index (Phi) is 34.0. The van der Waals surface area contributed by atoms with Crippen molar-refractivity contribution in [1.82, 2.24) is 19.9 Å². The van der Waals surface area contributed by atoms with Crippen LogP contribution in [0, 0.1) is 0 Å². The summed E-state index contributed by atoms with van der Waals surface area (Å²) in [5.74, 6) is -5.55. The normalized spacial score (nSPS) is 14.5. The number of nitrogens with one attached hydrogen (secondary N) is 4. The number of aliphatic hydroxyl groups excluding tert-OH is 4. The van der Waals surface area contributed by atoms with Crippen LogP contribution in [0.3, 0.4) is 0 Å². The summed E-state index contributed by atoms with van der Waals surface area (Å²) in [5, 5.41) is 124. The SMILES string of the molecule is C/C(=C\Cc1cccc2c(C(=O)c3sc(C(=O)O)c(-c4ccc(C5CCCCC5)cc4)c3O)c[nH]c12)CO.O=C(O)c1sc(C(=O)c2c[nH]c3c(/C=C/CCO)cccc23)c(O)c1-c1ccc(C2CCCCC2)cc1.O=C(O)c1sc(C(=O)c2c[nH]c3c(/C=C/CO)cccc23)c(O)c1-c1ccc(C2CCCCC2)cc1.O=C(O)c1sc(C(=O)c2c[nH]c3c(CCCCO)cccc23)c(O)c1-c1ccc(C2CCCCC2)cc1. The van der Waals surface area contributed by atoms with Crippen molar-refractivity contribution in [3.63, 3.8) is 0 Å². The molecule has 148 heavy (non-hydrogen) atoms. The number of hydrogen-bond acceptors (Lipinski definition) is 20. The summed E-state index contributed by atoms with van der Waals surface area (Å²) >= 11 is 3.22. The van der Waals surface area contributed by atoms with Gasteiger partial charge in [0.05, 0.1) is 24.2 Å². The third-order valence-electron chi connectivity index (χ3n) is 29.1. The van der Waals surface area contributed by atoms with Gasteiger partial charge in [0, 0.05) is 115 Å². The largest absolute Gasteiger partial charge is 0.506 e. The maximum absolute atomic E-state index is 13.6.